The molecule has 4 saturated carbocycles. The molecule has 4 fully saturated rings. The molecule has 0 saturated heterocycles. The Labute approximate surface area is 273 Å². The number of hydrogen-bond donors (Lipinski definition) is 2. The fourth-order valence-electron chi connectivity index (χ4n) is 7.54. The third kappa shape index (κ3) is 5.01. The molecule has 2 atom stereocenters. The predicted molar refractivity (Wildman–Crippen MR) is 167 cm³/mol. The Morgan fingerprint density at radius 1 is 0.955 bits per heavy atom. The Morgan fingerprint density at radius 2 is 1.52 bits per heavy atom. The fraction of sp³-hybridized carbons (Fsp3) is 0.700. The largest absolute Gasteiger partial charge is 0.379 e. The Balaban J connectivity index is 0.000000231. The topological polar surface area (TPSA) is 186 Å². The summed E-state index contributed by atoms with van der Waals surface area (Å²) >= 11 is 0. The lowest BCUT2D eigenvalue weighted by molar-refractivity contribution is -0.386. The summed E-state index contributed by atoms with van der Waals surface area (Å²) in [5, 5.41) is 11.1. The molecule has 44 heavy (non-hydrogen) atoms. The van der Waals surface area contributed by atoms with Crippen LogP contribution in [0, 0.1) is 27.9 Å². The van der Waals surface area contributed by atoms with Gasteiger partial charge in [-0.15, -0.1) is 0 Å². The third-order valence-corrected chi connectivity index (χ3v) is 9.01. The number of hydrogen-bond acceptors (Lipinski definition) is 8. The number of fused-ring (bicyclic) bond motifs is 1. The molecule has 0 spiro atoms. The lowest BCUT2D eigenvalue weighted by atomic mass is 9.75. The van der Waals surface area contributed by atoms with Crippen molar-refractivity contribution in [2.75, 3.05) is 5.73 Å². The number of nitrogen functional groups attached to an aromatic ring is 1. The zero-order chi connectivity index (χ0) is 44.1. The number of aromatic amines is 1. The molecule has 2 unspecified atom stereocenters. The van der Waals surface area contributed by atoms with Gasteiger partial charge in [0.25, 0.3) is 5.56 Å². The van der Waals surface area contributed by atoms with Gasteiger partial charge in [0.2, 0.25) is 0 Å². The number of anilines is 1. The quantitative estimate of drug-likeness (QED) is 0.254. The van der Waals surface area contributed by atoms with Gasteiger partial charge >= 0.3 is 22.6 Å². The standard InChI is InChI=1S/C20H28N4O2.C10H16N4O4/c1-3-5-23-16-15(17(25)24(6-4-2)19(23)26)21-18(22-16)20-10-12-7-13(11-20)9-14(20)8-12;1-3-5-12-8(11)7(14(17)18)9(15)13(6-4-2)10(12)16/h12-14H,3-11H2,1-2H3,(H,21,22);3-6,11H2,1-2H3/i2*2D3,4D2,6D2. The number of aryl methyl sites for hydroxylation is 1. The number of nitro groups is 1. The Kier molecular flexibility index (Phi) is 5.02. The van der Waals surface area contributed by atoms with Crippen LogP contribution >= 0.6 is 0 Å². The molecule has 0 aromatic carbocycles. The first-order valence-corrected chi connectivity index (χ1v) is 14.4. The molecule has 3 aromatic rings. The van der Waals surface area contributed by atoms with Crippen LogP contribution in [0.1, 0.15) is 110 Å². The van der Waals surface area contributed by atoms with E-state index in [1.54, 1.807) is 6.92 Å². The predicted octanol–water partition coefficient (Wildman–Crippen LogP) is 3.10. The number of imidazole rings is 1. The van der Waals surface area contributed by atoms with E-state index in [4.69, 9.17) is 29.9 Å². The molecule has 240 valence electrons. The number of nitrogens with two attached hydrogens (primary N) is 1. The van der Waals surface area contributed by atoms with Crippen molar-refractivity contribution in [2.24, 2.45) is 17.8 Å². The number of H-pyrrole nitrogens is 1. The second kappa shape index (κ2) is 12.2. The van der Waals surface area contributed by atoms with E-state index in [1.807, 2.05) is 6.92 Å². The molecule has 4 bridgehead atoms. The SMILES string of the molecule is [2H]C([2H])([2H])C([2H])([2H])C([2H])([2H])n1c(=O)c([N+](=O)[O-])c(N)n(CCC)c1=O.[2H]C([2H])([2H])C([2H])([2H])C([2H])([2H])n1c(=O)c2[nH]c(C34CC5CC(CC3C5)C4)nc2n(CCC)c1=O. The average molecular weight is 627 g/mol. The van der Waals surface area contributed by atoms with E-state index >= 15 is 0 Å². The van der Waals surface area contributed by atoms with Gasteiger partial charge in [0, 0.05) is 45.2 Å². The van der Waals surface area contributed by atoms with Crippen molar-refractivity contribution in [1.82, 2.24) is 28.2 Å². The monoisotopic (exact) mass is 626 g/mol. The highest BCUT2D eigenvalue weighted by Gasteiger charge is 2.59. The van der Waals surface area contributed by atoms with Crippen molar-refractivity contribution in [1.29, 1.82) is 0 Å². The van der Waals surface area contributed by atoms with Crippen LogP contribution in [0.5, 0.6) is 0 Å². The highest BCUT2D eigenvalue weighted by Crippen LogP contribution is 2.65. The Morgan fingerprint density at radius 3 is 2.09 bits per heavy atom. The lowest BCUT2D eigenvalue weighted by Crippen LogP contribution is -2.42. The zero-order valence-corrected chi connectivity index (χ0v) is 24.3. The third-order valence-electron chi connectivity index (χ3n) is 9.01. The van der Waals surface area contributed by atoms with Gasteiger partial charge < -0.3 is 10.7 Å². The van der Waals surface area contributed by atoms with Gasteiger partial charge in [-0.3, -0.25) is 38.0 Å². The van der Waals surface area contributed by atoms with Crippen LogP contribution in [0.4, 0.5) is 11.5 Å². The van der Waals surface area contributed by atoms with Crippen LogP contribution in [-0.2, 0) is 31.5 Å². The van der Waals surface area contributed by atoms with Crippen LogP contribution in [-0.4, -0.2) is 33.2 Å². The van der Waals surface area contributed by atoms with Gasteiger partial charge in [0.15, 0.2) is 11.5 Å². The van der Waals surface area contributed by atoms with Crippen molar-refractivity contribution in [3.63, 3.8) is 0 Å². The van der Waals surface area contributed by atoms with Gasteiger partial charge in [-0.1, -0.05) is 27.6 Å². The average Bonchev–Trinajstić information content (AvgIpc) is 3.71. The van der Waals surface area contributed by atoms with Crippen LogP contribution in [0.25, 0.3) is 11.2 Å². The molecule has 14 heteroatoms. The summed E-state index contributed by atoms with van der Waals surface area (Å²) in [7, 11) is 0. The second-order valence-electron chi connectivity index (χ2n) is 11.6. The van der Waals surface area contributed by atoms with E-state index in [-0.39, 0.29) is 40.7 Å². The van der Waals surface area contributed by atoms with Gasteiger partial charge in [-0.05, 0) is 75.4 Å². The maximum atomic E-state index is 13.4. The summed E-state index contributed by atoms with van der Waals surface area (Å²) < 4.78 is 108. The van der Waals surface area contributed by atoms with Crippen molar-refractivity contribution >= 4 is 22.7 Å². The summed E-state index contributed by atoms with van der Waals surface area (Å²) in [6, 6.07) is 0. The van der Waals surface area contributed by atoms with Crippen molar-refractivity contribution in [3.05, 3.63) is 57.6 Å². The summed E-state index contributed by atoms with van der Waals surface area (Å²) in [5.41, 5.74) is -1.49. The molecule has 3 aromatic heterocycles. The fourth-order valence-corrected chi connectivity index (χ4v) is 7.54. The first-order chi connectivity index (χ1) is 26.4. The first-order valence-electron chi connectivity index (χ1n) is 21.4. The van der Waals surface area contributed by atoms with E-state index in [1.165, 1.54) is 11.0 Å². The van der Waals surface area contributed by atoms with E-state index < -0.39 is 82.9 Å². The summed E-state index contributed by atoms with van der Waals surface area (Å²) in [6.45, 7) is -10.8. The Hall–Kier alpha value is -3.97. The second-order valence-corrected chi connectivity index (χ2v) is 11.6. The highest BCUT2D eigenvalue weighted by atomic mass is 16.6. The number of nitrogens with one attached hydrogen (secondary N) is 1. The minimum Gasteiger partial charge on any atom is -0.379 e. The summed E-state index contributed by atoms with van der Waals surface area (Å²) in [6.07, 6.45) is -1.04. The molecule has 3 N–H and O–H groups in total. The van der Waals surface area contributed by atoms with Crippen molar-refractivity contribution < 1.29 is 24.1 Å². The van der Waals surface area contributed by atoms with E-state index in [2.05, 4.69) is 4.98 Å². The normalized spacial score (nSPS) is 29.9. The molecule has 3 heterocycles. The molecule has 0 aliphatic heterocycles. The number of rotatable bonds is 10. The molecule has 7 rings (SSSR count). The van der Waals surface area contributed by atoms with Gasteiger partial charge in [-0.25, -0.2) is 14.6 Å². The number of aromatic nitrogens is 6. The molecular formula is C30H44N8O6. The maximum Gasteiger partial charge on any atom is 0.374 e. The van der Waals surface area contributed by atoms with Gasteiger partial charge in [0.05, 0.1) is 10.4 Å². The van der Waals surface area contributed by atoms with Gasteiger partial charge in [-0.2, -0.15) is 0 Å². The van der Waals surface area contributed by atoms with E-state index in [0.29, 0.717) is 34.6 Å². The lowest BCUT2D eigenvalue weighted by Gasteiger charge is -2.30. The molecule has 4 aliphatic rings. The molecular weight excluding hydrogens is 568 g/mol. The molecule has 4 aliphatic carbocycles. The van der Waals surface area contributed by atoms with Crippen LogP contribution < -0.4 is 28.2 Å². The number of nitrogens with zero attached hydrogens (tertiary/aromatic N) is 6. The van der Waals surface area contributed by atoms with Crippen molar-refractivity contribution in [2.45, 2.75) is 117 Å². The van der Waals surface area contributed by atoms with E-state index in [9.17, 15) is 29.3 Å². The van der Waals surface area contributed by atoms with E-state index in [0.717, 1.165) is 25.7 Å². The van der Waals surface area contributed by atoms with Crippen LogP contribution in [0.2, 0.25) is 0 Å². The molecule has 0 radical (unpaired) electrons. The van der Waals surface area contributed by atoms with Gasteiger partial charge in [0.1, 0.15) is 11.3 Å². The highest BCUT2D eigenvalue weighted by molar-refractivity contribution is 5.70. The Bertz CT molecular complexity index is 2360. The first kappa shape index (κ1) is 18.1. The molecule has 0 amide bonds. The zero-order valence-electron chi connectivity index (χ0n) is 38.3. The summed E-state index contributed by atoms with van der Waals surface area (Å²) in [5.74, 6) is 1.55. The molecule has 14 nitrogen and oxygen atoms in total. The smallest absolute Gasteiger partial charge is 0.374 e. The van der Waals surface area contributed by atoms with Crippen LogP contribution in [0.3, 0.4) is 0 Å². The van der Waals surface area contributed by atoms with Crippen molar-refractivity contribution in [3.8, 4) is 0 Å². The minimum absolute atomic E-state index is 0.0798. The maximum absolute atomic E-state index is 13.4. The minimum atomic E-state index is -3.71. The summed E-state index contributed by atoms with van der Waals surface area (Å²) in [4.78, 5) is 69.1. The van der Waals surface area contributed by atoms with Crippen LogP contribution in [0.15, 0.2) is 19.2 Å².